The van der Waals surface area contributed by atoms with E-state index in [9.17, 15) is 19.9 Å². The lowest BCUT2D eigenvalue weighted by molar-refractivity contribution is -0.121. The molecular weight excluding hydrogens is 602 g/mol. The molecule has 0 saturated carbocycles. The third-order valence-corrected chi connectivity index (χ3v) is 14.8. The SMILES string of the molecule is Cc1cn([C@H]2C[C@H](N=[N+]=[N-])[C@@H](CO[Si](C)(C)C(C)(C)C(C)C)O2)c(=O)n(CCC(=O)NCCCCCCCCCCCCN)c1=O. The average Bonchev–Trinajstić information content (AvgIpc) is 3.40. The topological polar surface area (TPSA) is 166 Å². The van der Waals surface area contributed by atoms with E-state index >= 15 is 0 Å². The minimum atomic E-state index is -2.17. The molecule has 262 valence electrons. The predicted molar refractivity (Wildman–Crippen MR) is 186 cm³/mol. The van der Waals surface area contributed by atoms with Crippen LogP contribution in [0.25, 0.3) is 10.4 Å². The Morgan fingerprint density at radius 3 is 2.28 bits per heavy atom. The fourth-order valence-electron chi connectivity index (χ4n) is 5.77. The highest BCUT2D eigenvalue weighted by atomic mass is 28.4. The summed E-state index contributed by atoms with van der Waals surface area (Å²) in [6.07, 6.45) is 12.3. The molecule has 3 N–H and O–H groups in total. The number of nitrogens with two attached hydrogens (primary N) is 1. The summed E-state index contributed by atoms with van der Waals surface area (Å²) in [7, 11) is -2.17. The number of azide groups is 1. The van der Waals surface area contributed by atoms with Gasteiger partial charge in [-0.25, -0.2) is 4.79 Å². The third-order valence-electron chi connectivity index (χ3n) is 10.2. The van der Waals surface area contributed by atoms with Gasteiger partial charge in [0.15, 0.2) is 8.32 Å². The van der Waals surface area contributed by atoms with Gasteiger partial charge in [-0.05, 0) is 55.9 Å². The molecule has 0 bridgehead atoms. The van der Waals surface area contributed by atoms with E-state index in [2.05, 4.69) is 56.1 Å². The van der Waals surface area contributed by atoms with Crippen molar-refractivity contribution in [2.45, 2.75) is 155 Å². The second-order valence-corrected chi connectivity index (χ2v) is 18.8. The van der Waals surface area contributed by atoms with Gasteiger partial charge < -0.3 is 20.2 Å². The highest BCUT2D eigenvalue weighted by Crippen LogP contribution is 2.45. The number of aryl methyl sites for hydroxylation is 1. The summed E-state index contributed by atoms with van der Waals surface area (Å²) in [4.78, 5) is 42.0. The summed E-state index contributed by atoms with van der Waals surface area (Å²) in [5.41, 5.74) is 14.1. The van der Waals surface area contributed by atoms with E-state index in [0.717, 1.165) is 36.8 Å². The monoisotopic (exact) mass is 663 g/mol. The minimum absolute atomic E-state index is 0.000971. The van der Waals surface area contributed by atoms with E-state index in [1.165, 1.54) is 49.3 Å². The van der Waals surface area contributed by atoms with Crippen LogP contribution in [0.2, 0.25) is 18.1 Å². The summed E-state index contributed by atoms with van der Waals surface area (Å²) >= 11 is 0. The average molecular weight is 664 g/mol. The van der Waals surface area contributed by atoms with Gasteiger partial charge in [0.05, 0.1) is 18.8 Å². The molecule has 1 amide bonds. The molecule has 1 fully saturated rings. The molecule has 1 aliphatic heterocycles. The van der Waals surface area contributed by atoms with Crippen molar-refractivity contribution in [2.24, 2.45) is 16.8 Å². The molecule has 0 unspecified atom stereocenters. The van der Waals surface area contributed by atoms with Crippen LogP contribution in [-0.4, -0.2) is 55.2 Å². The summed E-state index contributed by atoms with van der Waals surface area (Å²) in [5.74, 6) is 0.233. The number of carbonyl (C=O) groups excluding carboxylic acids is 1. The smallest absolute Gasteiger partial charge is 0.333 e. The zero-order chi connectivity index (χ0) is 34.3. The molecule has 3 atom stereocenters. The molecule has 0 aliphatic carbocycles. The summed E-state index contributed by atoms with van der Waals surface area (Å²) in [5, 5.41) is 6.87. The maximum absolute atomic E-state index is 13.5. The first-order valence-corrected chi connectivity index (χ1v) is 20.3. The van der Waals surface area contributed by atoms with Crippen LogP contribution in [0, 0.1) is 12.8 Å². The largest absolute Gasteiger partial charge is 0.414 e. The number of unbranched alkanes of at least 4 members (excludes halogenated alkanes) is 9. The number of nitrogens with zero attached hydrogens (tertiary/aromatic N) is 5. The van der Waals surface area contributed by atoms with Crippen LogP contribution in [0.5, 0.6) is 0 Å². The lowest BCUT2D eigenvalue weighted by atomic mass is 9.99. The Labute approximate surface area is 276 Å². The molecule has 1 aromatic heterocycles. The van der Waals surface area contributed by atoms with Gasteiger partial charge in [0.1, 0.15) is 6.23 Å². The fraction of sp³-hybridized carbons (Fsp3) is 0.848. The Bertz CT molecular complexity index is 1260. The molecule has 0 aromatic carbocycles. The van der Waals surface area contributed by atoms with E-state index < -0.39 is 37.9 Å². The quantitative estimate of drug-likeness (QED) is 0.0485. The predicted octanol–water partition coefficient (Wildman–Crippen LogP) is 6.31. The number of hydrogen-bond donors (Lipinski definition) is 2. The molecule has 2 rings (SSSR count). The van der Waals surface area contributed by atoms with Gasteiger partial charge in [0.2, 0.25) is 5.91 Å². The first kappa shape index (κ1) is 39.7. The number of aromatic nitrogens is 2. The van der Waals surface area contributed by atoms with Crippen molar-refractivity contribution < 1.29 is 14.0 Å². The van der Waals surface area contributed by atoms with E-state index in [4.69, 9.17) is 14.9 Å². The van der Waals surface area contributed by atoms with E-state index in [1.54, 1.807) is 6.92 Å². The van der Waals surface area contributed by atoms with Crippen molar-refractivity contribution in [3.8, 4) is 0 Å². The first-order valence-electron chi connectivity index (χ1n) is 17.4. The van der Waals surface area contributed by atoms with Gasteiger partial charge in [-0.3, -0.25) is 18.7 Å². The van der Waals surface area contributed by atoms with Crippen LogP contribution >= 0.6 is 0 Å². The van der Waals surface area contributed by atoms with Crippen molar-refractivity contribution >= 4 is 14.2 Å². The zero-order valence-electron chi connectivity index (χ0n) is 29.6. The van der Waals surface area contributed by atoms with Gasteiger partial charge >= 0.3 is 5.69 Å². The van der Waals surface area contributed by atoms with Gasteiger partial charge in [0, 0.05) is 42.6 Å². The molecule has 46 heavy (non-hydrogen) atoms. The van der Waals surface area contributed by atoms with E-state index in [-0.39, 0.29) is 36.9 Å². The molecule has 13 heteroatoms. The van der Waals surface area contributed by atoms with Crippen LogP contribution in [-0.2, 0) is 20.5 Å². The summed E-state index contributed by atoms with van der Waals surface area (Å²) in [6, 6.07) is -0.521. The van der Waals surface area contributed by atoms with Crippen molar-refractivity contribution in [1.29, 1.82) is 0 Å². The van der Waals surface area contributed by atoms with Crippen molar-refractivity contribution in [3.63, 3.8) is 0 Å². The molecular formula is C33H61N7O5Si. The third kappa shape index (κ3) is 11.7. The molecule has 0 radical (unpaired) electrons. The second-order valence-electron chi connectivity index (χ2n) is 14.2. The van der Waals surface area contributed by atoms with Gasteiger partial charge in [-0.2, -0.15) is 0 Å². The maximum Gasteiger partial charge on any atom is 0.333 e. The van der Waals surface area contributed by atoms with Crippen molar-refractivity contribution in [2.75, 3.05) is 19.7 Å². The maximum atomic E-state index is 13.5. The number of carbonyl (C=O) groups is 1. The number of ether oxygens (including phenoxy) is 1. The van der Waals surface area contributed by atoms with E-state index in [0.29, 0.717) is 18.0 Å². The minimum Gasteiger partial charge on any atom is -0.414 e. The van der Waals surface area contributed by atoms with Crippen LogP contribution in [0.4, 0.5) is 0 Å². The van der Waals surface area contributed by atoms with Crippen LogP contribution in [0.15, 0.2) is 20.9 Å². The Morgan fingerprint density at radius 2 is 1.72 bits per heavy atom. The summed E-state index contributed by atoms with van der Waals surface area (Å²) < 4.78 is 15.2. The highest BCUT2D eigenvalue weighted by molar-refractivity contribution is 6.74. The molecule has 12 nitrogen and oxygen atoms in total. The number of rotatable bonds is 22. The van der Waals surface area contributed by atoms with Gasteiger partial charge in [0.25, 0.3) is 5.56 Å². The number of amides is 1. The van der Waals surface area contributed by atoms with E-state index in [1.807, 2.05) is 0 Å². The first-order chi connectivity index (χ1) is 21.8. The molecule has 1 saturated heterocycles. The summed E-state index contributed by atoms with van der Waals surface area (Å²) in [6.45, 7) is 16.4. The standard InChI is InChI=1S/C33H61N7O5Si/c1-25(2)33(4,5)46(6,7)44-24-28-27(37-38-35)22-30(45-28)40-23-26(3)31(42)39(32(40)43)21-18-29(41)36-20-17-15-13-11-9-8-10-12-14-16-19-34/h23,25,27-28,30H,8-22,24,34H2,1-7H3,(H,36,41)/t27-,28+,30+/m0/s1. The highest BCUT2D eigenvalue weighted by Gasteiger charge is 2.45. The number of nitrogens with one attached hydrogen (secondary N) is 1. The Hall–Kier alpha value is -2.44. The van der Waals surface area contributed by atoms with Gasteiger partial charge in [-0.1, -0.05) is 84.2 Å². The molecule has 2 heterocycles. The Kier molecular flexibility index (Phi) is 16.8. The van der Waals surface area contributed by atoms with Crippen molar-refractivity contribution in [3.05, 3.63) is 43.0 Å². The number of hydrogen-bond acceptors (Lipinski definition) is 7. The fourth-order valence-corrected chi connectivity index (χ4v) is 8.11. The van der Waals surface area contributed by atoms with Gasteiger partial charge in [-0.15, -0.1) is 0 Å². The lowest BCUT2D eigenvalue weighted by Crippen LogP contribution is -2.47. The lowest BCUT2D eigenvalue weighted by Gasteiger charge is -2.43. The zero-order valence-corrected chi connectivity index (χ0v) is 30.6. The molecule has 0 spiro atoms. The van der Waals surface area contributed by atoms with Crippen LogP contribution < -0.4 is 22.3 Å². The normalized spacial score (nSPS) is 18.6. The van der Waals surface area contributed by atoms with Crippen molar-refractivity contribution in [1.82, 2.24) is 14.5 Å². The Morgan fingerprint density at radius 1 is 1.13 bits per heavy atom. The Balaban J connectivity index is 1.92. The molecule has 1 aromatic rings. The van der Waals surface area contributed by atoms with Crippen LogP contribution in [0.1, 0.15) is 117 Å². The van der Waals surface area contributed by atoms with Crippen LogP contribution in [0.3, 0.4) is 0 Å². The molecule has 1 aliphatic rings. The second kappa shape index (κ2) is 19.4.